The van der Waals surface area contributed by atoms with Crippen LogP contribution in [0.15, 0.2) is 30.3 Å². The van der Waals surface area contributed by atoms with Crippen molar-refractivity contribution in [1.29, 1.82) is 0 Å². The topological polar surface area (TPSA) is 29.5 Å². The molecule has 0 radical (unpaired) electrons. The molecule has 1 aromatic carbocycles. The van der Waals surface area contributed by atoms with Gasteiger partial charge in [-0.25, -0.2) is 0 Å². The fourth-order valence-corrected chi connectivity index (χ4v) is 2.33. The number of benzene rings is 1. The summed E-state index contributed by atoms with van der Waals surface area (Å²) in [7, 11) is 1.86. The third-order valence-electron chi connectivity index (χ3n) is 3.33. The molecule has 1 amide bonds. The molecule has 3 nitrogen and oxygen atoms in total. The highest BCUT2D eigenvalue weighted by Crippen LogP contribution is 2.25. The minimum atomic E-state index is 0.131. The maximum atomic E-state index is 11.5. The van der Waals surface area contributed by atoms with Crippen molar-refractivity contribution in [3.63, 3.8) is 0 Å². The van der Waals surface area contributed by atoms with Crippen LogP contribution >= 0.6 is 0 Å². The van der Waals surface area contributed by atoms with E-state index in [1.54, 1.807) is 4.90 Å². The average Bonchev–Trinajstić information content (AvgIpc) is 2.68. The summed E-state index contributed by atoms with van der Waals surface area (Å²) in [5.41, 5.74) is 0. The van der Waals surface area contributed by atoms with Gasteiger partial charge >= 0.3 is 0 Å². The van der Waals surface area contributed by atoms with Gasteiger partial charge in [0.05, 0.1) is 0 Å². The summed E-state index contributed by atoms with van der Waals surface area (Å²) in [5.74, 6) is 1.43. The number of likely N-dealkylation sites (tertiary alicyclic amines) is 1. The summed E-state index contributed by atoms with van der Waals surface area (Å²) < 4.78 is 5.97. The first-order valence-electron chi connectivity index (χ1n) is 6.16. The molecule has 92 valence electrons. The molecule has 2 unspecified atom stereocenters. The van der Waals surface area contributed by atoms with E-state index < -0.39 is 0 Å². The molecule has 0 aromatic heterocycles. The Morgan fingerprint density at radius 1 is 1.41 bits per heavy atom. The van der Waals surface area contributed by atoms with Crippen molar-refractivity contribution in [3.05, 3.63) is 30.3 Å². The van der Waals surface area contributed by atoms with Crippen molar-refractivity contribution in [2.24, 2.45) is 5.92 Å². The van der Waals surface area contributed by atoms with E-state index in [9.17, 15) is 4.79 Å². The van der Waals surface area contributed by atoms with E-state index in [1.165, 1.54) is 0 Å². The van der Waals surface area contributed by atoms with Crippen molar-refractivity contribution in [2.45, 2.75) is 25.9 Å². The number of nitrogens with zero attached hydrogens (tertiary/aromatic N) is 1. The lowest BCUT2D eigenvalue weighted by Crippen LogP contribution is -2.28. The maximum absolute atomic E-state index is 11.5. The van der Waals surface area contributed by atoms with Crippen molar-refractivity contribution in [1.82, 2.24) is 4.90 Å². The molecule has 0 bridgehead atoms. The molecule has 2 rings (SSSR count). The molecule has 2 atom stereocenters. The van der Waals surface area contributed by atoms with Crippen LogP contribution in [0.5, 0.6) is 5.75 Å². The lowest BCUT2D eigenvalue weighted by Gasteiger charge is -2.23. The molecule has 1 aliphatic rings. The molecule has 1 fully saturated rings. The summed E-state index contributed by atoms with van der Waals surface area (Å²) in [4.78, 5) is 13.3. The predicted octanol–water partition coefficient (Wildman–Crippen LogP) is 2.32. The van der Waals surface area contributed by atoms with Gasteiger partial charge in [-0.2, -0.15) is 0 Å². The Balaban J connectivity index is 2.00. The molecular formula is C14H19NO2. The summed E-state index contributed by atoms with van der Waals surface area (Å²) >= 11 is 0. The number of carbonyl (C=O) groups is 1. The molecule has 1 aromatic rings. The molecule has 1 saturated heterocycles. The van der Waals surface area contributed by atoms with E-state index >= 15 is 0 Å². The fourth-order valence-electron chi connectivity index (χ4n) is 2.33. The summed E-state index contributed by atoms with van der Waals surface area (Å²) in [6, 6.07) is 9.83. The highest BCUT2D eigenvalue weighted by Gasteiger charge is 2.33. The van der Waals surface area contributed by atoms with Gasteiger partial charge in [-0.3, -0.25) is 4.79 Å². The molecule has 0 spiro atoms. The largest absolute Gasteiger partial charge is 0.490 e. The SMILES string of the molecule is CCC(Oc1ccccc1)C1CC(=O)N(C)C1. The molecule has 0 saturated carbocycles. The lowest BCUT2D eigenvalue weighted by molar-refractivity contribution is -0.126. The lowest BCUT2D eigenvalue weighted by atomic mass is 9.99. The van der Waals surface area contributed by atoms with Gasteiger partial charge in [-0.05, 0) is 18.6 Å². The normalized spacial score (nSPS) is 21.6. The predicted molar refractivity (Wildman–Crippen MR) is 66.9 cm³/mol. The average molecular weight is 233 g/mol. The van der Waals surface area contributed by atoms with Crippen molar-refractivity contribution in [3.8, 4) is 5.75 Å². The van der Waals surface area contributed by atoms with Crippen LogP contribution in [0.1, 0.15) is 19.8 Å². The molecule has 0 N–H and O–H groups in total. The highest BCUT2D eigenvalue weighted by atomic mass is 16.5. The zero-order valence-corrected chi connectivity index (χ0v) is 10.4. The first kappa shape index (κ1) is 12.0. The zero-order chi connectivity index (χ0) is 12.3. The van der Waals surface area contributed by atoms with Gasteiger partial charge in [0.15, 0.2) is 0 Å². The van der Waals surface area contributed by atoms with E-state index in [4.69, 9.17) is 4.74 Å². The van der Waals surface area contributed by atoms with Gasteiger partial charge in [0.2, 0.25) is 5.91 Å². The van der Waals surface area contributed by atoms with Gasteiger partial charge in [0.25, 0.3) is 0 Å². The van der Waals surface area contributed by atoms with Crippen molar-refractivity contribution >= 4 is 5.91 Å². The number of amides is 1. The fraction of sp³-hybridized carbons (Fsp3) is 0.500. The number of para-hydroxylation sites is 1. The van der Waals surface area contributed by atoms with Gasteiger partial charge < -0.3 is 9.64 Å². The molecule has 17 heavy (non-hydrogen) atoms. The van der Waals surface area contributed by atoms with Crippen LogP contribution in [-0.4, -0.2) is 30.5 Å². The monoisotopic (exact) mass is 233 g/mol. The summed E-state index contributed by atoms with van der Waals surface area (Å²) in [6.07, 6.45) is 1.68. The van der Waals surface area contributed by atoms with Crippen LogP contribution in [-0.2, 0) is 4.79 Å². The quantitative estimate of drug-likeness (QED) is 0.798. The first-order chi connectivity index (χ1) is 8.20. The van der Waals surface area contributed by atoms with Gasteiger partial charge in [-0.15, -0.1) is 0 Å². The molecule has 1 aliphatic heterocycles. The van der Waals surface area contributed by atoms with Gasteiger partial charge in [0.1, 0.15) is 11.9 Å². The Bertz CT molecular complexity index is 377. The minimum absolute atomic E-state index is 0.131. The van der Waals surface area contributed by atoms with Crippen LogP contribution in [0.2, 0.25) is 0 Å². The molecular weight excluding hydrogens is 214 g/mol. The third kappa shape index (κ3) is 2.78. The minimum Gasteiger partial charge on any atom is -0.490 e. The Hall–Kier alpha value is -1.51. The van der Waals surface area contributed by atoms with Gasteiger partial charge in [0, 0.05) is 25.9 Å². The van der Waals surface area contributed by atoms with Crippen LogP contribution in [0.4, 0.5) is 0 Å². The number of rotatable bonds is 4. The summed E-state index contributed by atoms with van der Waals surface area (Å²) in [6.45, 7) is 2.92. The number of carbonyl (C=O) groups excluding carboxylic acids is 1. The Morgan fingerprint density at radius 3 is 2.65 bits per heavy atom. The number of hydrogen-bond donors (Lipinski definition) is 0. The van der Waals surface area contributed by atoms with Crippen LogP contribution in [0.3, 0.4) is 0 Å². The highest BCUT2D eigenvalue weighted by molar-refractivity contribution is 5.78. The van der Waals surface area contributed by atoms with Crippen LogP contribution in [0.25, 0.3) is 0 Å². The number of hydrogen-bond acceptors (Lipinski definition) is 2. The second-order valence-electron chi connectivity index (χ2n) is 4.62. The number of ether oxygens (including phenoxy) is 1. The Morgan fingerprint density at radius 2 is 2.12 bits per heavy atom. The van der Waals surface area contributed by atoms with Crippen molar-refractivity contribution < 1.29 is 9.53 Å². The van der Waals surface area contributed by atoms with E-state index in [-0.39, 0.29) is 12.0 Å². The summed E-state index contributed by atoms with van der Waals surface area (Å²) in [5, 5.41) is 0. The maximum Gasteiger partial charge on any atom is 0.222 e. The molecule has 0 aliphatic carbocycles. The Kier molecular flexibility index (Phi) is 3.67. The zero-order valence-electron chi connectivity index (χ0n) is 10.4. The van der Waals surface area contributed by atoms with Crippen LogP contribution < -0.4 is 4.74 Å². The smallest absolute Gasteiger partial charge is 0.222 e. The van der Waals surface area contributed by atoms with E-state index in [1.807, 2.05) is 37.4 Å². The van der Waals surface area contributed by atoms with Crippen molar-refractivity contribution in [2.75, 3.05) is 13.6 Å². The molecule has 3 heteroatoms. The second-order valence-corrected chi connectivity index (χ2v) is 4.62. The third-order valence-corrected chi connectivity index (χ3v) is 3.33. The second kappa shape index (κ2) is 5.21. The Labute approximate surface area is 102 Å². The van der Waals surface area contributed by atoms with E-state index in [2.05, 4.69) is 6.92 Å². The molecule has 1 heterocycles. The first-order valence-corrected chi connectivity index (χ1v) is 6.16. The van der Waals surface area contributed by atoms with E-state index in [0.29, 0.717) is 12.3 Å². The standard InChI is InChI=1S/C14H19NO2/c1-3-13(11-9-14(16)15(2)10-11)17-12-7-5-4-6-8-12/h4-8,11,13H,3,9-10H2,1-2H3. The van der Waals surface area contributed by atoms with E-state index in [0.717, 1.165) is 18.7 Å². The van der Waals surface area contributed by atoms with Crippen LogP contribution in [0, 0.1) is 5.92 Å². The van der Waals surface area contributed by atoms with Gasteiger partial charge in [-0.1, -0.05) is 25.1 Å².